The van der Waals surface area contributed by atoms with Gasteiger partial charge in [0.15, 0.2) is 5.11 Å². The quantitative estimate of drug-likeness (QED) is 0.836. The second-order valence-electron chi connectivity index (χ2n) is 4.58. The van der Waals surface area contributed by atoms with E-state index in [1.165, 1.54) is 5.56 Å². The molecule has 1 aromatic rings. The molecule has 0 aromatic heterocycles. The van der Waals surface area contributed by atoms with Crippen molar-refractivity contribution in [1.29, 1.82) is 0 Å². The molecule has 1 N–H and O–H groups in total. The first-order valence-corrected chi connectivity index (χ1v) is 6.89. The van der Waals surface area contributed by atoms with Crippen molar-refractivity contribution in [3.8, 4) is 0 Å². The van der Waals surface area contributed by atoms with Gasteiger partial charge in [0, 0.05) is 37.7 Å². The third-order valence-corrected chi connectivity index (χ3v) is 3.80. The molecule has 0 aliphatic carbocycles. The molecule has 1 aliphatic heterocycles. The lowest BCUT2D eigenvalue weighted by atomic mass is 10.2. The molecule has 0 spiro atoms. The molecule has 5 heteroatoms. The van der Waals surface area contributed by atoms with Gasteiger partial charge in [0.25, 0.3) is 0 Å². The summed E-state index contributed by atoms with van der Waals surface area (Å²) in [7, 11) is 2.14. The lowest BCUT2D eigenvalue weighted by molar-refractivity contribution is 0.214. The minimum absolute atomic E-state index is 0.752. The van der Waals surface area contributed by atoms with Crippen LogP contribution in [0.25, 0.3) is 0 Å². The summed E-state index contributed by atoms with van der Waals surface area (Å²) < 4.78 is 0. The van der Waals surface area contributed by atoms with Crippen LogP contribution in [0.5, 0.6) is 0 Å². The molecular weight excluding hydrogens is 266 g/mol. The highest BCUT2D eigenvalue weighted by Gasteiger charge is 2.15. The summed E-state index contributed by atoms with van der Waals surface area (Å²) in [6.07, 6.45) is 0. The third-order valence-electron chi connectivity index (χ3n) is 3.15. The Morgan fingerprint density at radius 2 is 1.83 bits per heavy atom. The number of rotatable bonds is 2. The van der Waals surface area contributed by atoms with E-state index < -0.39 is 0 Å². The van der Waals surface area contributed by atoms with Crippen molar-refractivity contribution in [2.45, 2.75) is 6.54 Å². The van der Waals surface area contributed by atoms with Gasteiger partial charge >= 0.3 is 0 Å². The zero-order chi connectivity index (χ0) is 13.0. The number of nitrogens with one attached hydrogen (secondary N) is 1. The fraction of sp³-hybridized carbons (Fsp3) is 0.462. The van der Waals surface area contributed by atoms with Crippen molar-refractivity contribution in [3.63, 3.8) is 0 Å². The van der Waals surface area contributed by atoms with Gasteiger partial charge < -0.3 is 15.1 Å². The van der Waals surface area contributed by atoms with E-state index in [2.05, 4.69) is 22.2 Å². The van der Waals surface area contributed by atoms with Crippen LogP contribution in [0.2, 0.25) is 5.02 Å². The molecule has 0 amide bonds. The minimum atomic E-state index is 0.752. The van der Waals surface area contributed by atoms with Crippen LogP contribution >= 0.6 is 23.8 Å². The van der Waals surface area contributed by atoms with Crippen LogP contribution in [-0.2, 0) is 6.54 Å². The second-order valence-corrected chi connectivity index (χ2v) is 5.40. The Balaban J connectivity index is 1.79. The molecule has 0 radical (unpaired) electrons. The Labute approximate surface area is 119 Å². The summed E-state index contributed by atoms with van der Waals surface area (Å²) in [4.78, 5) is 4.55. The maximum atomic E-state index is 5.85. The topological polar surface area (TPSA) is 18.5 Å². The molecule has 18 heavy (non-hydrogen) atoms. The minimum Gasteiger partial charge on any atom is -0.358 e. The molecule has 1 saturated heterocycles. The predicted molar refractivity (Wildman–Crippen MR) is 80.0 cm³/mol. The predicted octanol–water partition coefficient (Wildman–Crippen LogP) is 1.96. The van der Waals surface area contributed by atoms with Gasteiger partial charge in [-0.25, -0.2) is 0 Å². The highest BCUT2D eigenvalue weighted by Crippen LogP contribution is 2.09. The smallest absolute Gasteiger partial charge is 0.169 e. The number of piperazine rings is 1. The maximum Gasteiger partial charge on any atom is 0.169 e. The molecule has 98 valence electrons. The summed E-state index contributed by atoms with van der Waals surface area (Å²) >= 11 is 11.3. The summed E-state index contributed by atoms with van der Waals surface area (Å²) in [5, 5.41) is 4.91. The average Bonchev–Trinajstić information content (AvgIpc) is 2.38. The molecule has 0 unspecified atom stereocenters. The molecule has 2 rings (SSSR count). The Morgan fingerprint density at radius 1 is 1.22 bits per heavy atom. The van der Waals surface area contributed by atoms with E-state index in [9.17, 15) is 0 Å². The number of likely N-dealkylation sites (N-methyl/N-ethyl adjacent to an activating group) is 1. The zero-order valence-electron chi connectivity index (χ0n) is 10.5. The average molecular weight is 284 g/mol. The summed E-state index contributed by atoms with van der Waals surface area (Å²) in [6.45, 7) is 4.90. The monoisotopic (exact) mass is 283 g/mol. The van der Waals surface area contributed by atoms with E-state index in [1.54, 1.807) is 0 Å². The second kappa shape index (κ2) is 6.36. The van der Waals surface area contributed by atoms with Crippen LogP contribution < -0.4 is 5.32 Å². The summed E-state index contributed by atoms with van der Waals surface area (Å²) in [5.41, 5.74) is 1.19. The van der Waals surface area contributed by atoms with Gasteiger partial charge in [-0.1, -0.05) is 23.7 Å². The lowest BCUT2D eigenvalue weighted by Crippen LogP contribution is -2.50. The molecule has 0 bridgehead atoms. The fourth-order valence-electron chi connectivity index (χ4n) is 1.90. The van der Waals surface area contributed by atoms with Crippen LogP contribution in [0.4, 0.5) is 0 Å². The Morgan fingerprint density at radius 3 is 2.44 bits per heavy atom. The van der Waals surface area contributed by atoms with E-state index in [4.69, 9.17) is 23.8 Å². The standard InChI is InChI=1S/C13H18ClN3S/c1-16-6-8-17(9-7-16)13(18)15-10-11-2-4-12(14)5-3-11/h2-5H,6-10H2,1H3,(H,15,18). The van der Waals surface area contributed by atoms with Crippen molar-refractivity contribution >= 4 is 28.9 Å². The SMILES string of the molecule is CN1CCN(C(=S)NCc2ccc(Cl)cc2)CC1. The highest BCUT2D eigenvalue weighted by molar-refractivity contribution is 7.80. The molecule has 1 fully saturated rings. The molecule has 0 atom stereocenters. The zero-order valence-corrected chi connectivity index (χ0v) is 12.1. The van der Waals surface area contributed by atoms with Crippen LogP contribution in [0, 0.1) is 0 Å². The highest BCUT2D eigenvalue weighted by atomic mass is 35.5. The Hall–Kier alpha value is -0.840. The van der Waals surface area contributed by atoms with Gasteiger partial charge in [-0.3, -0.25) is 0 Å². The van der Waals surface area contributed by atoms with Crippen LogP contribution in [0.15, 0.2) is 24.3 Å². The van der Waals surface area contributed by atoms with Crippen LogP contribution in [0.1, 0.15) is 5.56 Å². The van der Waals surface area contributed by atoms with Gasteiger partial charge in [-0.2, -0.15) is 0 Å². The van der Waals surface area contributed by atoms with Gasteiger partial charge in [0.2, 0.25) is 0 Å². The molecular formula is C13H18ClN3S. The molecule has 1 aliphatic rings. The number of halogens is 1. The van der Waals surface area contributed by atoms with E-state index >= 15 is 0 Å². The number of hydrogen-bond acceptors (Lipinski definition) is 2. The van der Waals surface area contributed by atoms with Gasteiger partial charge in [0.05, 0.1) is 0 Å². The molecule has 1 heterocycles. The molecule has 3 nitrogen and oxygen atoms in total. The summed E-state index contributed by atoms with van der Waals surface area (Å²) in [5.74, 6) is 0. The van der Waals surface area contributed by atoms with Crippen molar-refractivity contribution in [1.82, 2.24) is 15.1 Å². The van der Waals surface area contributed by atoms with E-state index in [0.29, 0.717) is 0 Å². The number of benzene rings is 1. The largest absolute Gasteiger partial charge is 0.358 e. The lowest BCUT2D eigenvalue weighted by Gasteiger charge is -2.34. The van der Waals surface area contributed by atoms with Crippen molar-refractivity contribution in [2.75, 3.05) is 33.2 Å². The number of hydrogen-bond donors (Lipinski definition) is 1. The van der Waals surface area contributed by atoms with Crippen LogP contribution in [0.3, 0.4) is 0 Å². The summed E-state index contributed by atoms with van der Waals surface area (Å²) in [6, 6.07) is 7.83. The first-order valence-electron chi connectivity index (χ1n) is 6.11. The van der Waals surface area contributed by atoms with E-state index in [1.807, 2.05) is 24.3 Å². The van der Waals surface area contributed by atoms with Gasteiger partial charge in [0.1, 0.15) is 0 Å². The van der Waals surface area contributed by atoms with Gasteiger partial charge in [-0.05, 0) is 37.0 Å². The normalized spacial score (nSPS) is 16.7. The van der Waals surface area contributed by atoms with Crippen molar-refractivity contribution in [2.24, 2.45) is 0 Å². The van der Waals surface area contributed by atoms with Crippen molar-refractivity contribution < 1.29 is 0 Å². The van der Waals surface area contributed by atoms with Gasteiger partial charge in [-0.15, -0.1) is 0 Å². The van der Waals surface area contributed by atoms with E-state index in [0.717, 1.165) is 42.9 Å². The Kier molecular flexibility index (Phi) is 4.80. The number of nitrogens with zero attached hydrogens (tertiary/aromatic N) is 2. The first kappa shape index (κ1) is 13.6. The maximum absolute atomic E-state index is 5.85. The van der Waals surface area contributed by atoms with Crippen LogP contribution in [-0.4, -0.2) is 48.1 Å². The fourth-order valence-corrected chi connectivity index (χ4v) is 2.28. The molecule has 0 saturated carbocycles. The first-order chi connectivity index (χ1) is 8.65. The molecule has 1 aromatic carbocycles. The van der Waals surface area contributed by atoms with Crippen molar-refractivity contribution in [3.05, 3.63) is 34.9 Å². The van der Waals surface area contributed by atoms with E-state index in [-0.39, 0.29) is 0 Å². The Bertz CT molecular complexity index is 399. The third kappa shape index (κ3) is 3.83. The number of thiocarbonyl (C=S) groups is 1.